The molecule has 1 heterocycles. The molecule has 0 radical (unpaired) electrons. The van der Waals surface area contributed by atoms with Gasteiger partial charge in [-0.3, -0.25) is 10.3 Å². The van der Waals surface area contributed by atoms with E-state index in [0.717, 1.165) is 0 Å². The number of H-pyrrole nitrogens is 1. The Balaban J connectivity index is 1.75. The third kappa shape index (κ3) is 2.54. The fraction of sp³-hybridized carbons (Fsp3) is 0. The Morgan fingerprint density at radius 2 is 1.95 bits per heavy atom. The van der Waals surface area contributed by atoms with E-state index in [1.807, 2.05) is 6.07 Å². The van der Waals surface area contributed by atoms with Crippen molar-refractivity contribution in [1.82, 2.24) is 4.98 Å². The molecule has 0 saturated carbocycles. The summed E-state index contributed by atoms with van der Waals surface area (Å²) in [5.41, 5.74) is 1.41. The van der Waals surface area contributed by atoms with Crippen LogP contribution in [0, 0.1) is 0 Å². The molecule has 0 atom stereocenters. The fourth-order valence-corrected chi connectivity index (χ4v) is 1.76. The van der Waals surface area contributed by atoms with Crippen molar-refractivity contribution < 1.29 is 13.9 Å². The van der Waals surface area contributed by atoms with Gasteiger partial charge in [-0.1, -0.05) is 18.2 Å². The quantitative estimate of drug-likeness (QED) is 0.749. The molecule has 20 heavy (non-hydrogen) atoms. The van der Waals surface area contributed by atoms with Crippen LogP contribution in [-0.2, 0) is 0 Å². The van der Waals surface area contributed by atoms with Crippen molar-refractivity contribution in [3.05, 3.63) is 59.1 Å². The van der Waals surface area contributed by atoms with Gasteiger partial charge in [0.15, 0.2) is 5.58 Å². The number of oxazole rings is 1. The van der Waals surface area contributed by atoms with Crippen LogP contribution in [0.15, 0.2) is 57.7 Å². The Labute approximate surface area is 113 Å². The molecule has 0 aliphatic rings. The van der Waals surface area contributed by atoms with Crippen LogP contribution in [0.25, 0.3) is 11.1 Å². The largest absolute Gasteiger partial charge is 0.417 e. The highest BCUT2D eigenvalue weighted by molar-refractivity contribution is 5.89. The van der Waals surface area contributed by atoms with Crippen LogP contribution in [0.2, 0.25) is 0 Å². The van der Waals surface area contributed by atoms with Gasteiger partial charge in [-0.25, -0.2) is 9.59 Å². The number of hydrogen-bond acceptors (Lipinski definition) is 4. The number of carbonyl (C=O) groups is 1. The van der Waals surface area contributed by atoms with Gasteiger partial charge in [-0.15, -0.1) is 0 Å². The molecular weight excluding hydrogens is 260 g/mol. The van der Waals surface area contributed by atoms with E-state index in [4.69, 9.17) is 9.15 Å². The van der Waals surface area contributed by atoms with Crippen LogP contribution in [0.5, 0.6) is 5.75 Å². The van der Waals surface area contributed by atoms with Gasteiger partial charge < -0.3 is 9.15 Å². The average molecular weight is 270 g/mol. The molecule has 0 unspecified atom stereocenters. The zero-order valence-electron chi connectivity index (χ0n) is 10.3. The molecule has 2 aromatic carbocycles. The number of ether oxygens (including phenoxy) is 1. The first-order valence-electron chi connectivity index (χ1n) is 5.87. The van der Waals surface area contributed by atoms with Gasteiger partial charge in [0.25, 0.3) is 0 Å². The molecule has 3 rings (SSSR count). The summed E-state index contributed by atoms with van der Waals surface area (Å²) in [6.45, 7) is 0. The van der Waals surface area contributed by atoms with Gasteiger partial charge >= 0.3 is 11.8 Å². The first-order valence-corrected chi connectivity index (χ1v) is 5.87. The highest BCUT2D eigenvalue weighted by Crippen LogP contribution is 2.17. The molecule has 100 valence electrons. The smallest absolute Gasteiger partial charge is 0.410 e. The molecule has 0 bridgehead atoms. The van der Waals surface area contributed by atoms with E-state index >= 15 is 0 Å². The summed E-state index contributed by atoms with van der Waals surface area (Å²) >= 11 is 0. The Kier molecular flexibility index (Phi) is 2.96. The second-order valence-corrected chi connectivity index (χ2v) is 4.05. The zero-order chi connectivity index (χ0) is 13.9. The maximum absolute atomic E-state index is 11.7. The fourth-order valence-electron chi connectivity index (χ4n) is 1.76. The first kappa shape index (κ1) is 12.0. The molecule has 0 spiro atoms. The number of fused-ring (bicyclic) bond motifs is 1. The summed E-state index contributed by atoms with van der Waals surface area (Å²) < 4.78 is 9.99. The lowest BCUT2D eigenvalue weighted by Gasteiger charge is -2.06. The predicted molar refractivity (Wildman–Crippen MR) is 72.9 cm³/mol. The maximum Gasteiger partial charge on any atom is 0.417 e. The number of nitrogens with one attached hydrogen (secondary N) is 2. The van der Waals surface area contributed by atoms with Crippen LogP contribution in [0.1, 0.15) is 0 Å². The van der Waals surface area contributed by atoms with Crippen molar-refractivity contribution in [2.24, 2.45) is 0 Å². The van der Waals surface area contributed by atoms with E-state index in [-0.39, 0.29) is 0 Å². The van der Waals surface area contributed by atoms with Crippen molar-refractivity contribution in [3.8, 4) is 5.75 Å². The Morgan fingerprint density at radius 1 is 1.15 bits per heavy atom. The number of para-hydroxylation sites is 1. The van der Waals surface area contributed by atoms with Crippen molar-refractivity contribution >= 4 is 22.9 Å². The summed E-state index contributed by atoms with van der Waals surface area (Å²) in [6, 6.07) is 13.5. The monoisotopic (exact) mass is 270 g/mol. The Morgan fingerprint density at radius 3 is 2.75 bits per heavy atom. The van der Waals surface area contributed by atoms with E-state index in [0.29, 0.717) is 22.5 Å². The van der Waals surface area contributed by atoms with Gasteiger partial charge in [0, 0.05) is 11.8 Å². The van der Waals surface area contributed by atoms with Crippen LogP contribution < -0.4 is 15.8 Å². The van der Waals surface area contributed by atoms with Gasteiger partial charge in [0.1, 0.15) is 5.75 Å². The van der Waals surface area contributed by atoms with Gasteiger partial charge in [0.2, 0.25) is 0 Å². The van der Waals surface area contributed by atoms with E-state index in [2.05, 4.69) is 10.3 Å². The van der Waals surface area contributed by atoms with Crippen LogP contribution >= 0.6 is 0 Å². The number of rotatable bonds is 2. The second-order valence-electron chi connectivity index (χ2n) is 4.05. The molecule has 0 saturated heterocycles. The lowest BCUT2D eigenvalue weighted by Crippen LogP contribution is -2.16. The SMILES string of the molecule is O=C(Nc1ccc2[nH]c(=O)oc2c1)Oc1ccccc1. The average Bonchev–Trinajstić information content (AvgIpc) is 2.79. The van der Waals surface area contributed by atoms with Crippen molar-refractivity contribution in [3.63, 3.8) is 0 Å². The summed E-state index contributed by atoms with van der Waals surface area (Å²) in [4.78, 5) is 25.2. The van der Waals surface area contributed by atoms with E-state index < -0.39 is 11.8 Å². The minimum absolute atomic E-state index is 0.368. The lowest BCUT2D eigenvalue weighted by atomic mass is 10.3. The summed E-state index contributed by atoms with van der Waals surface area (Å²) in [5.74, 6) is -0.0942. The molecule has 0 aliphatic carbocycles. The second kappa shape index (κ2) is 4.93. The summed E-state index contributed by atoms with van der Waals surface area (Å²) in [6.07, 6.45) is -0.617. The number of amides is 1. The number of aromatic nitrogens is 1. The van der Waals surface area contributed by atoms with Crippen molar-refractivity contribution in [2.75, 3.05) is 5.32 Å². The van der Waals surface area contributed by atoms with E-state index in [1.54, 1.807) is 42.5 Å². The van der Waals surface area contributed by atoms with Crippen LogP contribution in [0.4, 0.5) is 10.5 Å². The minimum atomic E-state index is -0.617. The summed E-state index contributed by atoms with van der Waals surface area (Å²) in [7, 11) is 0. The van der Waals surface area contributed by atoms with Crippen molar-refractivity contribution in [2.45, 2.75) is 0 Å². The topological polar surface area (TPSA) is 84.3 Å². The molecule has 0 fully saturated rings. The Hall–Kier alpha value is -3.02. The molecule has 2 N–H and O–H groups in total. The highest BCUT2D eigenvalue weighted by atomic mass is 16.6. The summed E-state index contributed by atoms with van der Waals surface area (Å²) in [5, 5.41) is 2.55. The molecular formula is C14H10N2O4. The Bertz CT molecular complexity index is 805. The van der Waals surface area contributed by atoms with Crippen LogP contribution in [-0.4, -0.2) is 11.1 Å². The zero-order valence-corrected chi connectivity index (χ0v) is 10.3. The van der Waals surface area contributed by atoms with Gasteiger partial charge in [0.05, 0.1) is 5.52 Å². The number of carbonyl (C=O) groups excluding carboxylic acids is 1. The van der Waals surface area contributed by atoms with Gasteiger partial charge in [-0.2, -0.15) is 0 Å². The predicted octanol–water partition coefficient (Wildman–Crippen LogP) is 2.73. The maximum atomic E-state index is 11.7. The molecule has 3 aromatic rings. The van der Waals surface area contributed by atoms with Gasteiger partial charge in [-0.05, 0) is 24.3 Å². The number of hydrogen-bond donors (Lipinski definition) is 2. The number of anilines is 1. The van der Waals surface area contributed by atoms with Crippen LogP contribution in [0.3, 0.4) is 0 Å². The third-order valence-electron chi connectivity index (χ3n) is 2.62. The van der Waals surface area contributed by atoms with Crippen molar-refractivity contribution in [1.29, 1.82) is 0 Å². The normalized spacial score (nSPS) is 10.4. The third-order valence-corrected chi connectivity index (χ3v) is 2.62. The molecule has 1 amide bonds. The lowest BCUT2D eigenvalue weighted by molar-refractivity contribution is 0.215. The molecule has 0 aliphatic heterocycles. The van der Waals surface area contributed by atoms with E-state index in [1.165, 1.54) is 0 Å². The standard InChI is InChI=1S/C14H10N2O4/c17-13(19-10-4-2-1-3-5-10)15-9-6-7-11-12(8-9)20-14(18)16-11/h1-8H,(H,15,17)(H,16,18). The highest BCUT2D eigenvalue weighted by Gasteiger charge is 2.07. The molecule has 6 heteroatoms. The molecule has 6 nitrogen and oxygen atoms in total. The number of aromatic amines is 1. The molecule has 1 aromatic heterocycles. The number of benzene rings is 2. The minimum Gasteiger partial charge on any atom is -0.410 e. The first-order chi connectivity index (χ1) is 9.70. The van der Waals surface area contributed by atoms with E-state index in [9.17, 15) is 9.59 Å².